The molecule has 0 fully saturated rings. The molecule has 0 saturated heterocycles. The van der Waals surface area contributed by atoms with Crippen molar-refractivity contribution in [3.05, 3.63) is 85.0 Å². The second-order valence-electron chi connectivity index (χ2n) is 13.3. The first-order valence-electron chi connectivity index (χ1n) is 14.8. The number of aliphatic hydroxyl groups is 2. The lowest BCUT2D eigenvalue weighted by Gasteiger charge is -2.43. The molecule has 2 N–H and O–H groups in total. The Bertz CT molecular complexity index is 998. The Morgan fingerprint density at radius 2 is 1.05 bits per heavy atom. The van der Waals surface area contributed by atoms with E-state index in [2.05, 4.69) is 115 Å². The molecule has 2 aromatic carbocycles. The first kappa shape index (κ1) is 34.4. The first-order chi connectivity index (χ1) is 18.7. The Balaban J connectivity index is 1.86. The smallest absolute Gasteiger partial charge is 0.261 e. The number of hydrogen-bond acceptors (Lipinski definition) is 4. The highest BCUT2D eigenvalue weighted by Gasteiger charge is 2.49. The molecule has 0 aliphatic heterocycles. The zero-order chi connectivity index (χ0) is 29.9. The zero-order valence-electron chi connectivity index (χ0n) is 26.2. The van der Waals surface area contributed by atoms with Gasteiger partial charge in [-0.15, -0.1) is 0 Å². The van der Waals surface area contributed by atoms with Crippen LogP contribution in [-0.4, -0.2) is 52.3 Å². The molecule has 222 valence electrons. The van der Waals surface area contributed by atoms with E-state index in [1.165, 1.54) is 10.4 Å². The fourth-order valence-electron chi connectivity index (χ4n) is 4.69. The Morgan fingerprint density at radius 3 is 1.43 bits per heavy atom. The molecule has 2 aromatic rings. The fraction of sp³-hybridized carbons (Fsp3) is 0.529. The monoisotopic (exact) mass is 582 g/mol. The predicted molar refractivity (Wildman–Crippen MR) is 175 cm³/mol. The maximum atomic E-state index is 10.5. The van der Waals surface area contributed by atoms with Crippen LogP contribution in [-0.2, 0) is 8.85 Å². The molecule has 0 bridgehead atoms. The predicted octanol–water partition coefficient (Wildman–Crippen LogP) is 6.98. The van der Waals surface area contributed by atoms with Gasteiger partial charge in [-0.05, 0) is 59.2 Å². The van der Waals surface area contributed by atoms with Crippen molar-refractivity contribution in [2.24, 2.45) is 0 Å². The summed E-state index contributed by atoms with van der Waals surface area (Å²) in [6.07, 6.45) is 9.02. The van der Waals surface area contributed by atoms with Crippen molar-refractivity contribution < 1.29 is 19.1 Å². The highest BCUT2D eigenvalue weighted by molar-refractivity contribution is 6.99. The summed E-state index contributed by atoms with van der Waals surface area (Å²) >= 11 is 0. The van der Waals surface area contributed by atoms with E-state index in [0.29, 0.717) is 26.1 Å². The van der Waals surface area contributed by atoms with Crippen LogP contribution >= 0.6 is 0 Å². The van der Waals surface area contributed by atoms with Crippen molar-refractivity contribution >= 4 is 27.0 Å². The maximum absolute atomic E-state index is 10.5. The average molecular weight is 583 g/mol. The minimum Gasteiger partial charge on any atom is -0.417 e. The molecule has 6 heteroatoms. The lowest BCUT2D eigenvalue weighted by atomic mass is 10.1. The van der Waals surface area contributed by atoms with Gasteiger partial charge in [0, 0.05) is 13.2 Å². The molecule has 0 saturated carbocycles. The lowest BCUT2D eigenvalue weighted by molar-refractivity contribution is 0.190. The minimum atomic E-state index is -2.54. The molecular formula is C34H54O4Si2. The van der Waals surface area contributed by atoms with E-state index in [1.54, 1.807) is 12.2 Å². The molecule has 0 amide bonds. The van der Waals surface area contributed by atoms with E-state index in [9.17, 15) is 10.2 Å². The van der Waals surface area contributed by atoms with E-state index >= 15 is 0 Å². The van der Waals surface area contributed by atoms with Gasteiger partial charge in [0.2, 0.25) is 0 Å². The van der Waals surface area contributed by atoms with Gasteiger partial charge in [-0.2, -0.15) is 0 Å². The SMILES string of the molecule is CC(C)(C)[Si](C)(C)OCCCC(O)/C=C\C=C/C(O)CCCO[Si](c1ccccc1)(c1ccccc1)C(C)(C)C. The van der Waals surface area contributed by atoms with E-state index < -0.39 is 28.8 Å². The van der Waals surface area contributed by atoms with E-state index in [-0.39, 0.29) is 10.1 Å². The van der Waals surface area contributed by atoms with Gasteiger partial charge in [0.15, 0.2) is 8.32 Å². The quantitative estimate of drug-likeness (QED) is 0.135. The van der Waals surface area contributed by atoms with Crippen LogP contribution in [0.15, 0.2) is 85.0 Å². The van der Waals surface area contributed by atoms with E-state index in [1.807, 2.05) is 12.2 Å². The van der Waals surface area contributed by atoms with Gasteiger partial charge in [0.25, 0.3) is 8.32 Å². The summed E-state index contributed by atoms with van der Waals surface area (Å²) in [5, 5.41) is 23.5. The van der Waals surface area contributed by atoms with Crippen LogP contribution in [0.5, 0.6) is 0 Å². The molecule has 2 unspecified atom stereocenters. The molecule has 0 heterocycles. The molecule has 4 nitrogen and oxygen atoms in total. The summed E-state index contributed by atoms with van der Waals surface area (Å²) in [7, 11) is -4.28. The molecule has 40 heavy (non-hydrogen) atoms. The summed E-state index contributed by atoms with van der Waals surface area (Å²) < 4.78 is 13.1. The number of hydrogen-bond donors (Lipinski definition) is 2. The third kappa shape index (κ3) is 9.93. The van der Waals surface area contributed by atoms with Crippen LogP contribution in [0.25, 0.3) is 0 Å². The van der Waals surface area contributed by atoms with Crippen molar-refractivity contribution in [1.29, 1.82) is 0 Å². The van der Waals surface area contributed by atoms with Crippen molar-refractivity contribution in [1.82, 2.24) is 0 Å². The van der Waals surface area contributed by atoms with Crippen LogP contribution in [0, 0.1) is 0 Å². The Morgan fingerprint density at radius 1 is 0.650 bits per heavy atom. The van der Waals surface area contributed by atoms with Gasteiger partial charge in [-0.1, -0.05) is 127 Å². The van der Waals surface area contributed by atoms with E-state index in [4.69, 9.17) is 8.85 Å². The van der Waals surface area contributed by atoms with Gasteiger partial charge < -0.3 is 19.1 Å². The van der Waals surface area contributed by atoms with Gasteiger partial charge in [-0.3, -0.25) is 0 Å². The largest absolute Gasteiger partial charge is 0.417 e. The topological polar surface area (TPSA) is 58.9 Å². The number of allylic oxidation sites excluding steroid dienone is 2. The summed E-state index contributed by atoms with van der Waals surface area (Å²) in [5.74, 6) is 0. The minimum absolute atomic E-state index is 0.0588. The molecule has 0 spiro atoms. The van der Waals surface area contributed by atoms with Crippen molar-refractivity contribution in [3.8, 4) is 0 Å². The summed E-state index contributed by atoms with van der Waals surface area (Å²) in [4.78, 5) is 0. The van der Waals surface area contributed by atoms with Gasteiger partial charge in [0.05, 0.1) is 12.2 Å². The molecule has 0 aliphatic rings. The van der Waals surface area contributed by atoms with Crippen molar-refractivity contribution in [2.45, 2.75) is 103 Å². The Hall–Kier alpha value is -1.81. The van der Waals surface area contributed by atoms with Crippen LogP contribution in [0.1, 0.15) is 67.2 Å². The van der Waals surface area contributed by atoms with Crippen molar-refractivity contribution in [3.63, 3.8) is 0 Å². The standard InChI is InChI=1S/C34H54O4Si2/c1-33(2,3)39(7,8)37-27-17-21-29(35)19-15-16-20-30(36)22-18-28-38-40(34(4,5)6,31-23-11-9-12-24-31)32-25-13-10-14-26-32/h9-16,19-20,23-26,29-30,35-36H,17-18,21-22,27-28H2,1-8H3/b19-15-,20-16-. The zero-order valence-corrected chi connectivity index (χ0v) is 28.2. The average Bonchev–Trinajstić information content (AvgIpc) is 2.89. The maximum Gasteiger partial charge on any atom is 0.261 e. The second kappa shape index (κ2) is 15.4. The Labute approximate surface area is 246 Å². The van der Waals surface area contributed by atoms with E-state index in [0.717, 1.165) is 12.8 Å². The van der Waals surface area contributed by atoms with Crippen LogP contribution in [0.3, 0.4) is 0 Å². The molecule has 2 atom stereocenters. The molecule has 0 aromatic heterocycles. The molecular weight excluding hydrogens is 529 g/mol. The lowest BCUT2D eigenvalue weighted by Crippen LogP contribution is -2.66. The van der Waals surface area contributed by atoms with Crippen LogP contribution in [0.4, 0.5) is 0 Å². The highest BCUT2D eigenvalue weighted by Crippen LogP contribution is 2.37. The van der Waals surface area contributed by atoms with Gasteiger partial charge in [-0.25, -0.2) is 0 Å². The highest BCUT2D eigenvalue weighted by atomic mass is 28.4. The third-order valence-electron chi connectivity index (χ3n) is 8.07. The number of aliphatic hydroxyl groups excluding tert-OH is 2. The van der Waals surface area contributed by atoms with Crippen molar-refractivity contribution in [2.75, 3.05) is 13.2 Å². The summed E-state index contributed by atoms with van der Waals surface area (Å²) in [6, 6.07) is 21.3. The number of benzene rings is 2. The summed E-state index contributed by atoms with van der Waals surface area (Å²) in [5.41, 5.74) is 0. The summed E-state index contributed by atoms with van der Waals surface area (Å²) in [6.45, 7) is 19.3. The Kier molecular flexibility index (Phi) is 13.3. The first-order valence-corrected chi connectivity index (χ1v) is 19.6. The molecule has 0 aliphatic carbocycles. The normalized spacial score (nSPS) is 15.2. The third-order valence-corrected chi connectivity index (χ3v) is 17.7. The molecule has 2 rings (SSSR count). The number of rotatable bonds is 15. The fourth-order valence-corrected chi connectivity index (χ4v) is 10.4. The van der Waals surface area contributed by atoms with Gasteiger partial charge >= 0.3 is 0 Å². The van der Waals surface area contributed by atoms with Crippen LogP contribution < -0.4 is 10.4 Å². The van der Waals surface area contributed by atoms with Crippen LogP contribution in [0.2, 0.25) is 23.2 Å². The van der Waals surface area contributed by atoms with Gasteiger partial charge in [0.1, 0.15) is 0 Å². The second-order valence-corrected chi connectivity index (χ2v) is 22.4. The molecule has 0 radical (unpaired) electrons.